The second-order valence-corrected chi connectivity index (χ2v) is 9.73. The minimum Gasteiger partial charge on any atom is -0.366 e. The third-order valence-corrected chi connectivity index (χ3v) is 8.08. The molecule has 132 valence electrons. The van der Waals surface area contributed by atoms with Crippen molar-refractivity contribution in [3.05, 3.63) is 12.1 Å². The van der Waals surface area contributed by atoms with Crippen molar-refractivity contribution in [1.29, 1.82) is 0 Å². The molecule has 2 saturated carbocycles. The molecule has 1 aliphatic heterocycles. The number of nitrogens with zero attached hydrogens (tertiary/aromatic N) is 2. The number of aromatic nitrogens is 2. The molecule has 1 aromatic rings. The average molecular weight is 350 g/mol. The van der Waals surface area contributed by atoms with Crippen molar-refractivity contribution in [2.45, 2.75) is 61.3 Å². The summed E-state index contributed by atoms with van der Waals surface area (Å²) in [7, 11) is -3.33. The van der Waals surface area contributed by atoms with Crippen molar-refractivity contribution in [2.75, 3.05) is 18.4 Å². The average Bonchev–Trinajstić information content (AvgIpc) is 3.18. The van der Waals surface area contributed by atoms with Crippen molar-refractivity contribution in [3.8, 4) is 0 Å². The van der Waals surface area contributed by atoms with Crippen LogP contribution in [0.15, 0.2) is 17.2 Å². The first-order chi connectivity index (χ1) is 11.6. The molecule has 2 heterocycles. The third kappa shape index (κ3) is 3.16. The second kappa shape index (κ2) is 6.59. The van der Waals surface area contributed by atoms with E-state index in [9.17, 15) is 8.42 Å². The maximum Gasteiger partial charge on any atom is 0.200 e. The van der Waals surface area contributed by atoms with Crippen LogP contribution >= 0.6 is 0 Å². The molecule has 6 nitrogen and oxygen atoms in total. The van der Waals surface area contributed by atoms with Gasteiger partial charge in [0.05, 0.1) is 5.25 Å². The highest BCUT2D eigenvalue weighted by molar-refractivity contribution is 7.92. The molecule has 0 amide bonds. The van der Waals surface area contributed by atoms with Gasteiger partial charge in [-0.2, -0.15) is 0 Å². The van der Waals surface area contributed by atoms with Gasteiger partial charge in [0, 0.05) is 6.04 Å². The summed E-state index contributed by atoms with van der Waals surface area (Å²) in [4.78, 5) is 0. The zero-order chi connectivity index (χ0) is 16.6. The van der Waals surface area contributed by atoms with E-state index in [1.165, 1.54) is 0 Å². The number of rotatable bonds is 4. The molecule has 4 rings (SSSR count). The van der Waals surface area contributed by atoms with Crippen LogP contribution in [0.4, 0.5) is 5.82 Å². The van der Waals surface area contributed by atoms with Gasteiger partial charge in [0.2, 0.25) is 0 Å². The summed E-state index contributed by atoms with van der Waals surface area (Å²) >= 11 is 0. The Hall–Kier alpha value is -1.21. The smallest absolute Gasteiger partial charge is 0.200 e. The Morgan fingerprint density at radius 1 is 1.00 bits per heavy atom. The van der Waals surface area contributed by atoms with Gasteiger partial charge in [-0.3, -0.25) is 0 Å². The van der Waals surface area contributed by atoms with Crippen molar-refractivity contribution in [1.82, 2.24) is 15.5 Å². The van der Waals surface area contributed by atoms with Crippen LogP contribution in [0.1, 0.15) is 44.9 Å². The van der Waals surface area contributed by atoms with Crippen molar-refractivity contribution >= 4 is 15.7 Å². The summed E-state index contributed by atoms with van der Waals surface area (Å²) in [5.41, 5.74) is 0. The molecule has 7 heteroatoms. The normalized spacial score (nSPS) is 31.1. The van der Waals surface area contributed by atoms with Crippen LogP contribution in [0.25, 0.3) is 0 Å². The molecule has 0 bridgehead atoms. The highest BCUT2D eigenvalue weighted by Crippen LogP contribution is 2.35. The molecule has 2 aliphatic carbocycles. The van der Waals surface area contributed by atoms with Gasteiger partial charge in [-0.1, -0.05) is 19.3 Å². The number of hydrogen-bond acceptors (Lipinski definition) is 6. The molecule has 3 atom stereocenters. The Morgan fingerprint density at radius 3 is 2.33 bits per heavy atom. The molecular formula is C17H26N4O2S. The summed E-state index contributed by atoms with van der Waals surface area (Å²) in [5, 5.41) is 14.9. The van der Waals surface area contributed by atoms with Crippen LogP contribution in [0, 0.1) is 11.8 Å². The van der Waals surface area contributed by atoms with Crippen LogP contribution in [-0.4, -0.2) is 43.0 Å². The fourth-order valence-electron chi connectivity index (χ4n) is 4.59. The topological polar surface area (TPSA) is 84.0 Å². The van der Waals surface area contributed by atoms with Crippen molar-refractivity contribution < 1.29 is 8.42 Å². The molecule has 3 aliphatic rings. The Morgan fingerprint density at radius 2 is 1.71 bits per heavy atom. The Labute approximate surface area is 143 Å². The minimum atomic E-state index is -3.33. The summed E-state index contributed by atoms with van der Waals surface area (Å²) in [6.45, 7) is 2.24. The predicted molar refractivity (Wildman–Crippen MR) is 92.6 cm³/mol. The van der Waals surface area contributed by atoms with Crippen LogP contribution < -0.4 is 10.6 Å². The maximum absolute atomic E-state index is 12.6. The highest BCUT2D eigenvalue weighted by Gasteiger charge is 2.37. The summed E-state index contributed by atoms with van der Waals surface area (Å²) < 4.78 is 25.3. The zero-order valence-corrected chi connectivity index (χ0v) is 14.8. The van der Waals surface area contributed by atoms with Gasteiger partial charge in [0.25, 0.3) is 0 Å². The molecule has 1 unspecified atom stereocenters. The second-order valence-electron chi connectivity index (χ2n) is 7.55. The Balaban J connectivity index is 1.41. The third-order valence-electron chi connectivity index (χ3n) is 5.93. The van der Waals surface area contributed by atoms with Crippen molar-refractivity contribution in [2.24, 2.45) is 11.8 Å². The lowest BCUT2D eigenvalue weighted by Crippen LogP contribution is -2.25. The van der Waals surface area contributed by atoms with E-state index in [0.29, 0.717) is 11.9 Å². The molecule has 2 N–H and O–H groups in total. The lowest BCUT2D eigenvalue weighted by atomic mass is 10.0. The lowest BCUT2D eigenvalue weighted by Gasteiger charge is -2.21. The van der Waals surface area contributed by atoms with E-state index < -0.39 is 9.84 Å². The number of nitrogens with one attached hydrogen (secondary N) is 2. The molecule has 0 radical (unpaired) electrons. The fourth-order valence-corrected chi connectivity index (χ4v) is 6.30. The standard InChI is InChI=1S/C17H26N4O2S/c22-24(23,15-4-2-1-3-5-15)17-7-6-16(20-21-17)19-14-8-12-10-18-11-13(12)9-14/h6-7,12-15,18H,1-5,8-11H2,(H,19,20)/t12-,13+,14?. The van der Waals surface area contributed by atoms with Crippen LogP contribution in [0.2, 0.25) is 0 Å². The van der Waals surface area contributed by atoms with E-state index >= 15 is 0 Å². The van der Waals surface area contributed by atoms with Crippen LogP contribution in [0.5, 0.6) is 0 Å². The van der Waals surface area contributed by atoms with E-state index in [-0.39, 0.29) is 10.3 Å². The van der Waals surface area contributed by atoms with Gasteiger partial charge in [-0.15, -0.1) is 10.2 Å². The van der Waals surface area contributed by atoms with Crippen LogP contribution in [0.3, 0.4) is 0 Å². The summed E-state index contributed by atoms with van der Waals surface area (Å²) in [6.07, 6.45) is 6.94. The van der Waals surface area contributed by atoms with Gasteiger partial charge >= 0.3 is 0 Å². The Bertz CT molecular complexity index is 658. The lowest BCUT2D eigenvalue weighted by molar-refractivity contribution is 0.481. The number of sulfone groups is 1. The first-order valence-corrected chi connectivity index (χ1v) is 10.7. The number of fused-ring (bicyclic) bond motifs is 1. The Kier molecular flexibility index (Phi) is 4.47. The fraction of sp³-hybridized carbons (Fsp3) is 0.765. The van der Waals surface area contributed by atoms with Gasteiger partial charge < -0.3 is 10.6 Å². The van der Waals surface area contributed by atoms with E-state index in [0.717, 1.165) is 69.9 Å². The molecule has 1 aromatic heterocycles. The first kappa shape index (κ1) is 16.3. The van der Waals surface area contributed by atoms with Crippen molar-refractivity contribution in [3.63, 3.8) is 0 Å². The van der Waals surface area contributed by atoms with Gasteiger partial charge in [0.1, 0.15) is 5.82 Å². The van der Waals surface area contributed by atoms with E-state index in [1.807, 2.05) is 0 Å². The largest absolute Gasteiger partial charge is 0.366 e. The van der Waals surface area contributed by atoms with Gasteiger partial charge in [-0.05, 0) is 62.7 Å². The molecule has 1 saturated heterocycles. The first-order valence-electron chi connectivity index (χ1n) is 9.18. The van der Waals surface area contributed by atoms with Crippen LogP contribution in [-0.2, 0) is 9.84 Å². The quantitative estimate of drug-likeness (QED) is 0.864. The van der Waals surface area contributed by atoms with Gasteiger partial charge in [0.15, 0.2) is 14.9 Å². The monoisotopic (exact) mass is 350 g/mol. The van der Waals surface area contributed by atoms with Gasteiger partial charge in [-0.25, -0.2) is 8.42 Å². The molecular weight excluding hydrogens is 324 g/mol. The molecule has 3 fully saturated rings. The minimum absolute atomic E-state index is 0.132. The molecule has 24 heavy (non-hydrogen) atoms. The van der Waals surface area contributed by atoms with E-state index in [4.69, 9.17) is 0 Å². The predicted octanol–water partition coefficient (Wildman–Crippen LogP) is 1.99. The SMILES string of the molecule is O=S(=O)(c1ccc(NC2C[C@H]3CNC[C@H]3C2)nn1)C1CCCCC1. The van der Waals surface area contributed by atoms with E-state index in [2.05, 4.69) is 20.8 Å². The highest BCUT2D eigenvalue weighted by atomic mass is 32.2. The summed E-state index contributed by atoms with van der Waals surface area (Å²) in [6, 6.07) is 3.82. The number of hydrogen-bond donors (Lipinski definition) is 2. The zero-order valence-electron chi connectivity index (χ0n) is 13.9. The number of anilines is 1. The summed E-state index contributed by atoms with van der Waals surface area (Å²) in [5.74, 6) is 2.22. The molecule has 0 spiro atoms. The molecule has 0 aromatic carbocycles. The van der Waals surface area contributed by atoms with E-state index in [1.54, 1.807) is 12.1 Å². The maximum atomic E-state index is 12.6.